The van der Waals surface area contributed by atoms with Gasteiger partial charge in [0, 0.05) is 18.9 Å². The van der Waals surface area contributed by atoms with Gasteiger partial charge in [-0.2, -0.15) is 5.10 Å². The lowest BCUT2D eigenvalue weighted by Crippen LogP contribution is -2.29. The molecule has 1 aromatic heterocycles. The summed E-state index contributed by atoms with van der Waals surface area (Å²) in [5.41, 5.74) is 0. The van der Waals surface area contributed by atoms with Gasteiger partial charge in [-0.05, 0) is 12.5 Å². The predicted molar refractivity (Wildman–Crippen MR) is 54.3 cm³/mol. The minimum atomic E-state index is -3.08. The van der Waals surface area contributed by atoms with Crippen molar-refractivity contribution in [2.75, 3.05) is 12.3 Å². The monoisotopic (exact) mass is 217 g/mol. The van der Waals surface area contributed by atoms with Crippen molar-refractivity contribution in [2.24, 2.45) is 0 Å². The molecule has 0 aliphatic heterocycles. The summed E-state index contributed by atoms with van der Waals surface area (Å²) >= 11 is 0. The Morgan fingerprint density at radius 2 is 2.29 bits per heavy atom. The van der Waals surface area contributed by atoms with Gasteiger partial charge in [-0.25, -0.2) is 13.1 Å². The van der Waals surface area contributed by atoms with Gasteiger partial charge in [-0.1, -0.05) is 6.92 Å². The fraction of sp³-hybridized carbons (Fsp3) is 0.625. The molecule has 0 bridgehead atoms. The molecule has 0 atom stereocenters. The molecule has 0 saturated heterocycles. The molecule has 1 N–H and O–H groups in total. The van der Waals surface area contributed by atoms with Gasteiger partial charge in [-0.15, -0.1) is 0 Å². The van der Waals surface area contributed by atoms with Crippen molar-refractivity contribution >= 4 is 10.0 Å². The van der Waals surface area contributed by atoms with E-state index in [1.807, 2.05) is 6.92 Å². The van der Waals surface area contributed by atoms with Crippen LogP contribution in [0.4, 0.5) is 0 Å². The van der Waals surface area contributed by atoms with E-state index in [4.69, 9.17) is 0 Å². The highest BCUT2D eigenvalue weighted by atomic mass is 32.2. The van der Waals surface area contributed by atoms with Gasteiger partial charge in [0.15, 0.2) is 0 Å². The quantitative estimate of drug-likeness (QED) is 0.741. The van der Waals surface area contributed by atoms with Gasteiger partial charge in [0.25, 0.3) is 0 Å². The van der Waals surface area contributed by atoms with E-state index < -0.39 is 10.0 Å². The molecule has 0 spiro atoms. The Morgan fingerprint density at radius 1 is 1.50 bits per heavy atom. The predicted octanol–water partition coefficient (Wildman–Crippen LogP) is 0.212. The van der Waals surface area contributed by atoms with Crippen molar-refractivity contribution < 1.29 is 8.42 Å². The van der Waals surface area contributed by atoms with Crippen LogP contribution in [0.25, 0.3) is 0 Å². The molecule has 80 valence electrons. The van der Waals surface area contributed by atoms with Gasteiger partial charge in [0.1, 0.15) is 0 Å². The molecule has 0 saturated carbocycles. The van der Waals surface area contributed by atoms with Gasteiger partial charge in [0.05, 0.1) is 12.3 Å². The second-order valence-corrected chi connectivity index (χ2v) is 4.91. The van der Waals surface area contributed by atoms with Crippen LogP contribution in [-0.2, 0) is 16.6 Å². The van der Waals surface area contributed by atoms with Crippen LogP contribution >= 0.6 is 0 Å². The molecule has 1 heterocycles. The third-order valence-electron chi connectivity index (χ3n) is 1.69. The molecule has 5 nitrogen and oxygen atoms in total. The zero-order chi connectivity index (χ0) is 10.4. The van der Waals surface area contributed by atoms with E-state index in [0.717, 1.165) is 0 Å². The zero-order valence-corrected chi connectivity index (χ0v) is 9.00. The molecular weight excluding hydrogens is 202 g/mol. The number of hydrogen-bond donors (Lipinski definition) is 1. The van der Waals surface area contributed by atoms with Crippen molar-refractivity contribution in [2.45, 2.75) is 19.9 Å². The molecule has 0 aromatic carbocycles. The van der Waals surface area contributed by atoms with E-state index in [-0.39, 0.29) is 5.75 Å². The Balaban J connectivity index is 2.28. The molecule has 14 heavy (non-hydrogen) atoms. The third kappa shape index (κ3) is 3.89. The lowest BCUT2D eigenvalue weighted by atomic mass is 10.6. The van der Waals surface area contributed by atoms with Crippen molar-refractivity contribution in [1.29, 1.82) is 0 Å². The first-order chi connectivity index (χ1) is 6.64. The zero-order valence-electron chi connectivity index (χ0n) is 8.18. The van der Waals surface area contributed by atoms with E-state index in [0.29, 0.717) is 19.5 Å². The van der Waals surface area contributed by atoms with Crippen LogP contribution in [0.1, 0.15) is 13.3 Å². The Bertz CT molecular complexity index is 345. The summed E-state index contributed by atoms with van der Waals surface area (Å²) in [6, 6.07) is 1.81. The SMILES string of the molecule is CCCS(=O)(=O)NCCn1cccn1. The molecule has 0 fully saturated rings. The third-order valence-corrected chi connectivity index (χ3v) is 3.28. The summed E-state index contributed by atoms with van der Waals surface area (Å²) < 4.78 is 26.6. The normalized spacial score (nSPS) is 11.8. The maximum Gasteiger partial charge on any atom is 0.211 e. The summed E-state index contributed by atoms with van der Waals surface area (Å²) in [4.78, 5) is 0. The topological polar surface area (TPSA) is 64.0 Å². The fourth-order valence-electron chi connectivity index (χ4n) is 1.09. The number of sulfonamides is 1. The van der Waals surface area contributed by atoms with Crippen LogP contribution in [0.15, 0.2) is 18.5 Å². The maximum atomic E-state index is 11.2. The van der Waals surface area contributed by atoms with E-state index >= 15 is 0 Å². The van der Waals surface area contributed by atoms with Crippen molar-refractivity contribution in [3.63, 3.8) is 0 Å². The highest BCUT2D eigenvalue weighted by Gasteiger charge is 2.06. The van der Waals surface area contributed by atoms with Gasteiger partial charge < -0.3 is 0 Å². The molecule has 0 amide bonds. The first-order valence-electron chi connectivity index (χ1n) is 4.59. The van der Waals surface area contributed by atoms with Crippen LogP contribution in [0.3, 0.4) is 0 Å². The minimum Gasteiger partial charge on any atom is -0.271 e. The van der Waals surface area contributed by atoms with Crippen LogP contribution in [-0.4, -0.2) is 30.5 Å². The lowest BCUT2D eigenvalue weighted by Gasteiger charge is -2.05. The summed E-state index contributed by atoms with van der Waals surface area (Å²) in [5.74, 6) is 0.187. The number of nitrogens with zero attached hydrogens (tertiary/aromatic N) is 2. The van der Waals surface area contributed by atoms with E-state index in [1.165, 1.54) is 0 Å². The van der Waals surface area contributed by atoms with Crippen molar-refractivity contribution in [3.8, 4) is 0 Å². The lowest BCUT2D eigenvalue weighted by molar-refractivity contribution is 0.560. The molecule has 0 aliphatic carbocycles. The van der Waals surface area contributed by atoms with Crippen LogP contribution in [0.2, 0.25) is 0 Å². The summed E-state index contributed by atoms with van der Waals surface area (Å²) in [5, 5.41) is 3.96. The molecule has 6 heteroatoms. The summed E-state index contributed by atoms with van der Waals surface area (Å²) in [6.07, 6.45) is 4.10. The standard InChI is InChI=1S/C8H15N3O2S/c1-2-8-14(12,13)10-5-7-11-6-3-4-9-11/h3-4,6,10H,2,5,7-8H2,1H3. The van der Waals surface area contributed by atoms with Crippen LogP contribution < -0.4 is 4.72 Å². The Labute approximate surface area is 84.2 Å². The van der Waals surface area contributed by atoms with Gasteiger partial charge >= 0.3 is 0 Å². The molecule has 0 aliphatic rings. The molecule has 1 aromatic rings. The molecule has 0 unspecified atom stereocenters. The number of hydrogen-bond acceptors (Lipinski definition) is 3. The van der Waals surface area contributed by atoms with Gasteiger partial charge in [0.2, 0.25) is 10.0 Å². The largest absolute Gasteiger partial charge is 0.271 e. The highest BCUT2D eigenvalue weighted by molar-refractivity contribution is 7.89. The average molecular weight is 217 g/mol. The Morgan fingerprint density at radius 3 is 2.86 bits per heavy atom. The molecule has 0 radical (unpaired) electrons. The highest BCUT2D eigenvalue weighted by Crippen LogP contribution is 1.89. The Kier molecular flexibility index (Phi) is 4.09. The van der Waals surface area contributed by atoms with Crippen LogP contribution in [0, 0.1) is 0 Å². The number of nitrogens with one attached hydrogen (secondary N) is 1. The fourth-order valence-corrected chi connectivity index (χ4v) is 2.17. The first kappa shape index (κ1) is 11.2. The Hall–Kier alpha value is -0.880. The van der Waals surface area contributed by atoms with Crippen molar-refractivity contribution in [1.82, 2.24) is 14.5 Å². The smallest absolute Gasteiger partial charge is 0.211 e. The van der Waals surface area contributed by atoms with Crippen molar-refractivity contribution in [3.05, 3.63) is 18.5 Å². The number of rotatable bonds is 6. The van der Waals surface area contributed by atoms with Gasteiger partial charge in [-0.3, -0.25) is 4.68 Å². The number of aromatic nitrogens is 2. The van der Waals surface area contributed by atoms with Crippen LogP contribution in [0.5, 0.6) is 0 Å². The summed E-state index contributed by atoms with van der Waals surface area (Å²) in [7, 11) is -3.08. The second-order valence-electron chi connectivity index (χ2n) is 2.98. The minimum absolute atomic E-state index is 0.187. The maximum absolute atomic E-state index is 11.2. The molecular formula is C8H15N3O2S. The average Bonchev–Trinajstić information content (AvgIpc) is 2.56. The first-order valence-corrected chi connectivity index (χ1v) is 6.24. The summed E-state index contributed by atoms with van der Waals surface area (Å²) in [6.45, 7) is 2.80. The van der Waals surface area contributed by atoms with E-state index in [1.54, 1.807) is 23.1 Å². The second kappa shape index (κ2) is 5.11. The molecule has 1 rings (SSSR count). The van der Waals surface area contributed by atoms with E-state index in [2.05, 4.69) is 9.82 Å². The van der Waals surface area contributed by atoms with E-state index in [9.17, 15) is 8.42 Å².